The number of phosphoric ester groups is 2. The van der Waals surface area contributed by atoms with E-state index in [1.54, 1.807) is 0 Å². The standard InChI is InChI=1S/C86H168O17P2/c1-7-10-12-14-16-18-20-21-22-23-24-25-26-27-31-34-37-41-44-50-56-62-68-83(88)96-74-81(102-86(91)71-65-59-52-46-42-38-35-32-29-28-30-33-36-40-43-49-55-61-67-79(6)9-3)76-100-104(92,93)98-72-80(87)73-99-105(94,95)101-77-82(75-97-84(89)69-63-57-53-47-48-54-60-66-78(4)5)103-85(90)70-64-58-51-45-39-19-17-15-13-11-8-2/h78-82,87H,7-77H2,1-6H3,(H,92,93)(H,94,95)/t79?,80-,81-,82-/m1/s1. The van der Waals surface area contributed by atoms with Crippen LogP contribution in [0.2, 0.25) is 0 Å². The molecule has 0 saturated heterocycles. The highest BCUT2D eigenvalue weighted by Gasteiger charge is 2.30. The predicted molar refractivity (Wildman–Crippen MR) is 432 cm³/mol. The number of rotatable bonds is 85. The van der Waals surface area contributed by atoms with Crippen LogP contribution in [0.4, 0.5) is 0 Å². The molecule has 105 heavy (non-hydrogen) atoms. The summed E-state index contributed by atoms with van der Waals surface area (Å²) in [5.74, 6) is -0.529. The molecule has 0 rings (SSSR count). The molecule has 0 aromatic heterocycles. The smallest absolute Gasteiger partial charge is 0.462 e. The number of carbonyl (C=O) groups is 4. The van der Waals surface area contributed by atoms with Gasteiger partial charge in [-0.15, -0.1) is 0 Å². The highest BCUT2D eigenvalue weighted by atomic mass is 31.2. The number of aliphatic hydroxyl groups excluding tert-OH is 1. The van der Waals surface area contributed by atoms with Crippen LogP contribution in [-0.2, 0) is 65.4 Å². The second-order valence-electron chi connectivity index (χ2n) is 31.6. The average Bonchev–Trinajstić information content (AvgIpc) is 0.909. The Morgan fingerprint density at radius 2 is 0.486 bits per heavy atom. The zero-order valence-electron chi connectivity index (χ0n) is 69.0. The highest BCUT2D eigenvalue weighted by Crippen LogP contribution is 2.45. The van der Waals surface area contributed by atoms with Crippen molar-refractivity contribution in [3.05, 3.63) is 0 Å². The van der Waals surface area contributed by atoms with Crippen molar-refractivity contribution in [2.45, 2.75) is 477 Å². The summed E-state index contributed by atoms with van der Waals surface area (Å²) in [5.41, 5.74) is 0. The molecule has 0 spiro atoms. The van der Waals surface area contributed by atoms with Gasteiger partial charge in [0.1, 0.15) is 19.3 Å². The van der Waals surface area contributed by atoms with E-state index in [2.05, 4.69) is 41.5 Å². The molecule has 0 radical (unpaired) electrons. The fourth-order valence-electron chi connectivity index (χ4n) is 13.4. The molecule has 0 fully saturated rings. The molecular weight excluding hydrogens is 1370 g/mol. The van der Waals surface area contributed by atoms with Gasteiger partial charge in [-0.1, -0.05) is 408 Å². The monoisotopic (exact) mass is 1540 g/mol. The molecule has 0 aliphatic rings. The molecule has 0 aliphatic carbocycles. The summed E-state index contributed by atoms with van der Waals surface area (Å²) in [5, 5.41) is 10.7. The van der Waals surface area contributed by atoms with Crippen molar-refractivity contribution in [1.29, 1.82) is 0 Å². The van der Waals surface area contributed by atoms with Crippen molar-refractivity contribution < 1.29 is 80.2 Å². The summed E-state index contributed by atoms with van der Waals surface area (Å²) < 4.78 is 68.8. The number of phosphoric acid groups is 2. The second kappa shape index (κ2) is 77.4. The topological polar surface area (TPSA) is 237 Å². The third-order valence-corrected chi connectivity index (χ3v) is 22.5. The second-order valence-corrected chi connectivity index (χ2v) is 34.6. The zero-order valence-corrected chi connectivity index (χ0v) is 70.8. The summed E-state index contributed by atoms with van der Waals surface area (Å²) >= 11 is 0. The van der Waals surface area contributed by atoms with Gasteiger partial charge in [-0.25, -0.2) is 9.13 Å². The van der Waals surface area contributed by atoms with Crippen molar-refractivity contribution in [2.75, 3.05) is 39.6 Å². The van der Waals surface area contributed by atoms with E-state index >= 15 is 0 Å². The fraction of sp³-hybridized carbons (Fsp3) is 0.953. The van der Waals surface area contributed by atoms with E-state index < -0.39 is 97.5 Å². The van der Waals surface area contributed by atoms with Gasteiger partial charge in [0, 0.05) is 25.7 Å². The van der Waals surface area contributed by atoms with Crippen LogP contribution in [0.25, 0.3) is 0 Å². The van der Waals surface area contributed by atoms with Crippen molar-refractivity contribution in [2.24, 2.45) is 11.8 Å². The summed E-state index contributed by atoms with van der Waals surface area (Å²) in [7, 11) is -9.92. The first-order valence-corrected chi connectivity index (χ1v) is 47.5. The molecule has 0 saturated carbocycles. The minimum atomic E-state index is -4.97. The van der Waals surface area contributed by atoms with Crippen LogP contribution in [0.5, 0.6) is 0 Å². The number of unbranched alkanes of at least 4 members (excludes halogenated alkanes) is 54. The first-order chi connectivity index (χ1) is 50.9. The Hall–Kier alpha value is -1.94. The molecule has 0 heterocycles. The van der Waals surface area contributed by atoms with Crippen molar-refractivity contribution in [3.63, 3.8) is 0 Å². The zero-order chi connectivity index (χ0) is 77.1. The van der Waals surface area contributed by atoms with E-state index in [4.69, 9.17) is 37.0 Å². The molecule has 0 aromatic carbocycles. The lowest BCUT2D eigenvalue weighted by atomic mass is 9.99. The number of esters is 4. The number of aliphatic hydroxyl groups is 1. The lowest BCUT2D eigenvalue weighted by molar-refractivity contribution is -0.161. The number of hydrogen-bond donors (Lipinski definition) is 3. The maximum absolute atomic E-state index is 13.1. The largest absolute Gasteiger partial charge is 0.472 e. The third-order valence-electron chi connectivity index (χ3n) is 20.6. The first-order valence-electron chi connectivity index (χ1n) is 44.5. The van der Waals surface area contributed by atoms with Gasteiger partial charge in [0.05, 0.1) is 26.4 Å². The van der Waals surface area contributed by atoms with Crippen LogP contribution in [0.1, 0.15) is 459 Å². The average molecular weight is 1540 g/mol. The van der Waals surface area contributed by atoms with Crippen molar-refractivity contribution in [1.82, 2.24) is 0 Å². The van der Waals surface area contributed by atoms with Crippen LogP contribution in [-0.4, -0.2) is 96.7 Å². The third kappa shape index (κ3) is 78.5. The molecule has 3 unspecified atom stereocenters. The number of ether oxygens (including phenoxy) is 4. The predicted octanol–water partition coefficient (Wildman–Crippen LogP) is 26.2. The summed E-state index contributed by atoms with van der Waals surface area (Å²) in [6, 6.07) is 0. The quantitative estimate of drug-likeness (QED) is 0.0222. The van der Waals surface area contributed by atoms with Gasteiger partial charge < -0.3 is 33.8 Å². The van der Waals surface area contributed by atoms with Crippen LogP contribution in [0.3, 0.4) is 0 Å². The Morgan fingerprint density at radius 3 is 0.724 bits per heavy atom. The molecule has 3 N–H and O–H groups in total. The Bertz CT molecular complexity index is 2010. The van der Waals surface area contributed by atoms with Gasteiger partial charge in [-0.2, -0.15) is 0 Å². The van der Waals surface area contributed by atoms with E-state index in [0.717, 1.165) is 102 Å². The van der Waals surface area contributed by atoms with Gasteiger partial charge >= 0.3 is 39.5 Å². The van der Waals surface area contributed by atoms with E-state index in [0.29, 0.717) is 31.6 Å². The van der Waals surface area contributed by atoms with E-state index in [1.165, 1.54) is 270 Å². The minimum Gasteiger partial charge on any atom is -0.462 e. The lowest BCUT2D eigenvalue weighted by Crippen LogP contribution is -2.30. The SMILES string of the molecule is CCCCCCCCCCCCCCCCCCCCCCCCC(=O)OC[C@H](COP(=O)(O)OC[C@@H](O)COP(=O)(O)OC[C@@H](COC(=O)CCCCCCCCCC(C)C)OC(=O)CCCCCCCCCCCCC)OC(=O)CCCCCCCCCCCCCCCCCCCCC(C)CC. The molecule has 17 nitrogen and oxygen atoms in total. The molecule has 0 aliphatic heterocycles. The Balaban J connectivity index is 5.17. The van der Waals surface area contributed by atoms with Crippen molar-refractivity contribution in [3.8, 4) is 0 Å². The minimum absolute atomic E-state index is 0.106. The van der Waals surface area contributed by atoms with Gasteiger partial charge in [0.2, 0.25) is 0 Å². The van der Waals surface area contributed by atoms with Gasteiger partial charge in [0.25, 0.3) is 0 Å². The maximum Gasteiger partial charge on any atom is 0.472 e. The van der Waals surface area contributed by atoms with Crippen molar-refractivity contribution >= 4 is 39.5 Å². The van der Waals surface area contributed by atoms with Crippen LogP contribution >= 0.6 is 15.6 Å². The summed E-state index contributed by atoms with van der Waals surface area (Å²) in [6.45, 7) is 9.66. The van der Waals surface area contributed by atoms with E-state index in [9.17, 15) is 43.2 Å². The number of hydrogen-bond acceptors (Lipinski definition) is 15. The van der Waals surface area contributed by atoms with Crippen LogP contribution < -0.4 is 0 Å². The normalized spacial score (nSPS) is 14.1. The summed E-state index contributed by atoms with van der Waals surface area (Å²) in [6.07, 6.45) is 69.7. The maximum atomic E-state index is 13.1. The Kier molecular flexibility index (Phi) is 76.0. The van der Waals surface area contributed by atoms with Gasteiger partial charge in [0.15, 0.2) is 12.2 Å². The van der Waals surface area contributed by atoms with Gasteiger partial charge in [-0.05, 0) is 37.5 Å². The van der Waals surface area contributed by atoms with E-state index in [1.807, 2.05) is 0 Å². The van der Waals surface area contributed by atoms with Crippen LogP contribution in [0, 0.1) is 11.8 Å². The van der Waals surface area contributed by atoms with Crippen LogP contribution in [0.15, 0.2) is 0 Å². The lowest BCUT2D eigenvalue weighted by Gasteiger charge is -2.21. The molecule has 6 atom stereocenters. The van der Waals surface area contributed by atoms with E-state index in [-0.39, 0.29) is 25.7 Å². The van der Waals surface area contributed by atoms with Gasteiger partial charge in [-0.3, -0.25) is 37.3 Å². The molecule has 624 valence electrons. The number of carbonyl (C=O) groups excluding carboxylic acids is 4. The molecule has 0 aromatic rings. The molecular formula is C86H168O17P2. The first kappa shape index (κ1) is 103. The highest BCUT2D eigenvalue weighted by molar-refractivity contribution is 7.47. The molecule has 0 amide bonds. The fourth-order valence-corrected chi connectivity index (χ4v) is 15.0. The molecule has 19 heteroatoms. The molecule has 0 bridgehead atoms. The Morgan fingerprint density at radius 1 is 0.276 bits per heavy atom. The summed E-state index contributed by atoms with van der Waals surface area (Å²) in [4.78, 5) is 73.1. The Labute approximate surface area is 645 Å².